The molecule has 2 nitrogen and oxygen atoms in total. The second kappa shape index (κ2) is 9.73. The molecule has 0 atom stereocenters. The molecule has 0 saturated carbocycles. The molecule has 0 aromatic rings. The first kappa shape index (κ1) is 15.5. The van der Waals surface area contributed by atoms with Crippen LogP contribution in [-0.2, 0) is 9.84 Å². The van der Waals surface area contributed by atoms with Gasteiger partial charge in [-0.2, -0.15) is 0 Å². The minimum atomic E-state index is -2.83. The van der Waals surface area contributed by atoms with Gasteiger partial charge in [-0.1, -0.05) is 12.8 Å². The van der Waals surface area contributed by atoms with Gasteiger partial charge in [0.05, 0.1) is 11.5 Å². The Morgan fingerprint density at radius 3 is 1.40 bits per heavy atom. The van der Waals surface area contributed by atoms with Crippen LogP contribution in [0.3, 0.4) is 0 Å². The summed E-state index contributed by atoms with van der Waals surface area (Å²) in [6.45, 7) is 0. The standard InChI is InChI=1S/C10H20Cl2O2S/c11-7-3-1-5-9-15(13,14)10-6-2-4-8-12/h1-10H2. The average molecular weight is 275 g/mol. The van der Waals surface area contributed by atoms with Crippen molar-refractivity contribution < 1.29 is 8.42 Å². The van der Waals surface area contributed by atoms with Gasteiger partial charge >= 0.3 is 0 Å². The number of hydrogen-bond donors (Lipinski definition) is 0. The van der Waals surface area contributed by atoms with Crippen molar-refractivity contribution in [3.63, 3.8) is 0 Å². The van der Waals surface area contributed by atoms with Crippen molar-refractivity contribution in [2.75, 3.05) is 23.3 Å². The maximum absolute atomic E-state index is 11.5. The molecule has 0 aromatic heterocycles. The van der Waals surface area contributed by atoms with Crippen molar-refractivity contribution in [1.82, 2.24) is 0 Å². The molecule has 0 fully saturated rings. The fourth-order valence-corrected chi connectivity index (χ4v) is 3.16. The highest BCUT2D eigenvalue weighted by Crippen LogP contribution is 2.05. The zero-order valence-electron chi connectivity index (χ0n) is 9.05. The van der Waals surface area contributed by atoms with Gasteiger partial charge in [-0.15, -0.1) is 23.2 Å². The molecule has 0 rings (SSSR count). The summed E-state index contributed by atoms with van der Waals surface area (Å²) in [7, 11) is -2.83. The third-order valence-electron chi connectivity index (χ3n) is 2.18. The first-order valence-corrected chi connectivity index (χ1v) is 8.34. The van der Waals surface area contributed by atoms with Crippen molar-refractivity contribution in [1.29, 1.82) is 0 Å². The van der Waals surface area contributed by atoms with Crippen LogP contribution in [0.4, 0.5) is 0 Å². The fraction of sp³-hybridized carbons (Fsp3) is 1.00. The van der Waals surface area contributed by atoms with Crippen LogP contribution in [0.25, 0.3) is 0 Å². The summed E-state index contributed by atoms with van der Waals surface area (Å²) in [5, 5.41) is 0. The normalized spacial score (nSPS) is 11.9. The molecule has 0 N–H and O–H groups in total. The van der Waals surface area contributed by atoms with Gasteiger partial charge in [-0.25, -0.2) is 8.42 Å². The lowest BCUT2D eigenvalue weighted by molar-refractivity contribution is 0.586. The van der Waals surface area contributed by atoms with E-state index in [1.54, 1.807) is 0 Å². The third-order valence-corrected chi connectivity index (χ3v) is 4.53. The molecular weight excluding hydrogens is 255 g/mol. The molecule has 0 aromatic carbocycles. The number of sulfone groups is 1. The molecule has 0 bridgehead atoms. The van der Waals surface area contributed by atoms with E-state index in [2.05, 4.69) is 0 Å². The van der Waals surface area contributed by atoms with Gasteiger partial charge in [-0.05, 0) is 25.7 Å². The quantitative estimate of drug-likeness (QED) is 0.453. The van der Waals surface area contributed by atoms with Crippen LogP contribution in [0.5, 0.6) is 0 Å². The molecule has 0 amide bonds. The number of halogens is 2. The first-order chi connectivity index (χ1) is 7.12. The molecule has 0 aliphatic rings. The van der Waals surface area contributed by atoms with E-state index in [1.807, 2.05) is 0 Å². The maximum atomic E-state index is 11.5. The Balaban J connectivity index is 3.50. The molecule has 0 radical (unpaired) electrons. The van der Waals surface area contributed by atoms with Crippen molar-refractivity contribution in [3.8, 4) is 0 Å². The van der Waals surface area contributed by atoms with E-state index in [9.17, 15) is 8.42 Å². The van der Waals surface area contributed by atoms with E-state index in [1.165, 1.54) is 0 Å². The molecule has 5 heteroatoms. The molecule has 0 unspecified atom stereocenters. The highest BCUT2D eigenvalue weighted by atomic mass is 35.5. The second-order valence-corrected chi connectivity index (χ2v) is 6.71. The van der Waals surface area contributed by atoms with Gasteiger partial charge < -0.3 is 0 Å². The maximum Gasteiger partial charge on any atom is 0.150 e. The summed E-state index contributed by atoms with van der Waals surface area (Å²) >= 11 is 11.0. The molecule has 0 spiro atoms. The van der Waals surface area contributed by atoms with Crippen LogP contribution >= 0.6 is 23.2 Å². The summed E-state index contributed by atoms with van der Waals surface area (Å²) in [5.41, 5.74) is 0. The van der Waals surface area contributed by atoms with E-state index >= 15 is 0 Å². The van der Waals surface area contributed by atoms with E-state index in [0.29, 0.717) is 23.3 Å². The summed E-state index contributed by atoms with van der Waals surface area (Å²) < 4.78 is 23.0. The molecule has 0 aliphatic heterocycles. The van der Waals surface area contributed by atoms with Gasteiger partial charge in [-0.3, -0.25) is 0 Å². The highest BCUT2D eigenvalue weighted by Gasteiger charge is 2.09. The smallest absolute Gasteiger partial charge is 0.150 e. The summed E-state index contributed by atoms with van der Waals surface area (Å²) in [5.74, 6) is 1.86. The molecule has 0 heterocycles. The lowest BCUT2D eigenvalue weighted by Gasteiger charge is -2.03. The van der Waals surface area contributed by atoms with E-state index in [0.717, 1.165) is 38.5 Å². The van der Waals surface area contributed by atoms with Crippen LogP contribution < -0.4 is 0 Å². The Hall–Kier alpha value is 0.530. The van der Waals surface area contributed by atoms with Crippen molar-refractivity contribution in [2.24, 2.45) is 0 Å². The zero-order chi connectivity index (χ0) is 11.6. The van der Waals surface area contributed by atoms with Gasteiger partial charge in [0.1, 0.15) is 9.84 Å². The minimum absolute atomic E-state index is 0.310. The van der Waals surface area contributed by atoms with E-state index < -0.39 is 9.84 Å². The number of unbranched alkanes of at least 4 members (excludes halogenated alkanes) is 4. The van der Waals surface area contributed by atoms with Gasteiger partial charge in [0, 0.05) is 11.8 Å². The van der Waals surface area contributed by atoms with Gasteiger partial charge in [0.2, 0.25) is 0 Å². The lowest BCUT2D eigenvalue weighted by atomic mass is 10.3. The Morgan fingerprint density at radius 2 is 1.07 bits per heavy atom. The van der Waals surface area contributed by atoms with Crippen molar-refractivity contribution in [3.05, 3.63) is 0 Å². The Morgan fingerprint density at radius 1 is 0.667 bits per heavy atom. The van der Waals surface area contributed by atoms with E-state index in [4.69, 9.17) is 23.2 Å². The number of alkyl halides is 2. The SMILES string of the molecule is O=S(=O)(CCCCCCl)CCCCCCl. The Bertz CT molecular complexity index is 210. The largest absolute Gasteiger partial charge is 0.229 e. The van der Waals surface area contributed by atoms with Crippen LogP contribution in [-0.4, -0.2) is 31.7 Å². The van der Waals surface area contributed by atoms with E-state index in [-0.39, 0.29) is 0 Å². The molecule has 0 saturated heterocycles. The fourth-order valence-electron chi connectivity index (χ4n) is 1.29. The van der Waals surface area contributed by atoms with Gasteiger partial charge in [0.25, 0.3) is 0 Å². The molecule has 92 valence electrons. The molecule has 15 heavy (non-hydrogen) atoms. The molecular formula is C10H20Cl2O2S. The van der Waals surface area contributed by atoms with Gasteiger partial charge in [0.15, 0.2) is 0 Å². The first-order valence-electron chi connectivity index (χ1n) is 5.45. The zero-order valence-corrected chi connectivity index (χ0v) is 11.4. The summed E-state index contributed by atoms with van der Waals surface area (Å²) in [4.78, 5) is 0. The highest BCUT2D eigenvalue weighted by molar-refractivity contribution is 7.91. The number of rotatable bonds is 10. The lowest BCUT2D eigenvalue weighted by Crippen LogP contribution is -2.11. The van der Waals surface area contributed by atoms with Crippen LogP contribution in [0.15, 0.2) is 0 Å². The summed E-state index contributed by atoms with van der Waals surface area (Å²) in [6.07, 6.45) is 5.11. The number of hydrogen-bond acceptors (Lipinski definition) is 2. The predicted octanol–water partition coefficient (Wildman–Crippen LogP) is 3.22. The average Bonchev–Trinajstić information content (AvgIpc) is 2.20. The predicted molar refractivity (Wildman–Crippen MR) is 67.8 cm³/mol. The minimum Gasteiger partial charge on any atom is -0.229 e. The molecule has 0 aliphatic carbocycles. The monoisotopic (exact) mass is 274 g/mol. The van der Waals surface area contributed by atoms with Crippen molar-refractivity contribution >= 4 is 33.0 Å². The third kappa shape index (κ3) is 10.8. The van der Waals surface area contributed by atoms with Crippen LogP contribution in [0.1, 0.15) is 38.5 Å². The topological polar surface area (TPSA) is 34.1 Å². The van der Waals surface area contributed by atoms with Crippen LogP contribution in [0, 0.1) is 0 Å². The summed E-state index contributed by atoms with van der Waals surface area (Å²) in [6, 6.07) is 0. The Kier molecular flexibility index (Phi) is 10.1. The Labute approximate surface area is 103 Å². The van der Waals surface area contributed by atoms with Crippen LogP contribution in [0.2, 0.25) is 0 Å². The van der Waals surface area contributed by atoms with Crippen molar-refractivity contribution in [2.45, 2.75) is 38.5 Å². The second-order valence-electron chi connectivity index (χ2n) is 3.65.